The molecule has 36 heavy (non-hydrogen) atoms. The highest BCUT2D eigenvalue weighted by Crippen LogP contribution is 2.32. The van der Waals surface area contributed by atoms with Gasteiger partial charge in [-0.25, -0.2) is 13.8 Å². The van der Waals surface area contributed by atoms with E-state index in [2.05, 4.69) is 10.5 Å². The van der Waals surface area contributed by atoms with Gasteiger partial charge in [0, 0.05) is 11.6 Å². The summed E-state index contributed by atoms with van der Waals surface area (Å²) in [6, 6.07) is 18.2. The van der Waals surface area contributed by atoms with Crippen molar-refractivity contribution in [3.8, 4) is 17.2 Å². The minimum Gasteiger partial charge on any atom is -0.497 e. The summed E-state index contributed by atoms with van der Waals surface area (Å²) in [4.78, 5) is 12.9. The van der Waals surface area contributed by atoms with Gasteiger partial charge in [-0.1, -0.05) is 29.8 Å². The maximum absolute atomic E-state index is 13.6. The fourth-order valence-corrected chi connectivity index (χ4v) is 4.77. The topological polar surface area (TPSA) is 107 Å². The average Bonchev–Trinajstić information content (AvgIpc) is 2.88. The maximum atomic E-state index is 13.6. The summed E-state index contributed by atoms with van der Waals surface area (Å²) in [6.07, 6.45) is 1.41. The molecule has 3 rings (SSSR count). The van der Waals surface area contributed by atoms with Gasteiger partial charge in [0.15, 0.2) is 0 Å². The Morgan fingerprint density at radius 3 is 2.39 bits per heavy atom. The molecule has 0 aliphatic carbocycles. The van der Waals surface area contributed by atoms with E-state index in [4.69, 9.17) is 14.2 Å². The Kier molecular flexibility index (Phi) is 8.91. The number of para-hydroxylation sites is 2. The van der Waals surface area contributed by atoms with Gasteiger partial charge in [0.2, 0.25) is 0 Å². The highest BCUT2D eigenvalue weighted by atomic mass is 32.2. The van der Waals surface area contributed by atoms with E-state index in [0.29, 0.717) is 29.4 Å². The molecule has 0 fully saturated rings. The Morgan fingerprint density at radius 1 is 1.00 bits per heavy atom. The van der Waals surface area contributed by atoms with Crippen LogP contribution in [0, 0.1) is 6.92 Å². The number of aryl methyl sites for hydroxylation is 1. The van der Waals surface area contributed by atoms with Crippen molar-refractivity contribution >= 4 is 27.8 Å². The lowest BCUT2D eigenvalue weighted by Crippen LogP contribution is -2.39. The van der Waals surface area contributed by atoms with Gasteiger partial charge in [0.25, 0.3) is 15.9 Å². The van der Waals surface area contributed by atoms with Crippen molar-refractivity contribution in [2.75, 3.05) is 31.7 Å². The summed E-state index contributed by atoms with van der Waals surface area (Å²) in [5.74, 6) is 0.815. The minimum absolute atomic E-state index is 0.0543. The van der Waals surface area contributed by atoms with Gasteiger partial charge < -0.3 is 14.2 Å². The summed E-state index contributed by atoms with van der Waals surface area (Å²) in [6.45, 7) is 3.47. The average molecular weight is 512 g/mol. The Morgan fingerprint density at radius 2 is 1.72 bits per heavy atom. The standard InChI is InChI=1S/C26H29N3O6S/c1-5-35-24-9-7-6-8-23(24)29(36(31,32)22-14-10-19(2)11-15-22)18-26(30)28-27-17-20-12-13-21(33-3)16-25(20)34-4/h6-17H,5,18H2,1-4H3,(H,28,30)/b27-17-. The Labute approximate surface area is 211 Å². The number of carbonyl (C=O) groups is 1. The SMILES string of the molecule is CCOc1ccccc1N(CC(=O)N/N=C\c1ccc(OC)cc1OC)S(=O)(=O)c1ccc(C)cc1. The van der Waals surface area contributed by atoms with Crippen LogP contribution >= 0.6 is 0 Å². The van der Waals surface area contributed by atoms with Crippen LogP contribution in [0.4, 0.5) is 5.69 Å². The van der Waals surface area contributed by atoms with E-state index >= 15 is 0 Å². The third kappa shape index (κ3) is 6.33. The second-order valence-corrected chi connectivity index (χ2v) is 9.49. The molecule has 0 atom stereocenters. The number of ether oxygens (including phenoxy) is 3. The minimum atomic E-state index is -4.10. The van der Waals surface area contributed by atoms with Gasteiger partial charge in [0.05, 0.1) is 37.6 Å². The first-order valence-electron chi connectivity index (χ1n) is 11.1. The predicted octanol–water partition coefficient (Wildman–Crippen LogP) is 3.76. The van der Waals surface area contributed by atoms with Gasteiger partial charge >= 0.3 is 0 Å². The molecule has 190 valence electrons. The smallest absolute Gasteiger partial charge is 0.264 e. The summed E-state index contributed by atoms with van der Waals surface area (Å²) in [5.41, 5.74) is 4.15. The van der Waals surface area contributed by atoms with Crippen LogP contribution in [-0.2, 0) is 14.8 Å². The van der Waals surface area contributed by atoms with Crippen molar-refractivity contribution in [3.05, 3.63) is 77.9 Å². The first-order valence-corrected chi connectivity index (χ1v) is 12.6. The zero-order chi connectivity index (χ0) is 26.1. The van der Waals surface area contributed by atoms with Gasteiger partial charge in [-0.3, -0.25) is 9.10 Å². The van der Waals surface area contributed by atoms with Gasteiger partial charge in [0.1, 0.15) is 23.8 Å². The van der Waals surface area contributed by atoms with Gasteiger partial charge in [-0.15, -0.1) is 0 Å². The first-order chi connectivity index (χ1) is 17.3. The van der Waals surface area contributed by atoms with Crippen LogP contribution in [0.5, 0.6) is 17.2 Å². The molecule has 0 aliphatic rings. The number of methoxy groups -OCH3 is 2. The molecule has 0 spiro atoms. The zero-order valence-electron chi connectivity index (χ0n) is 20.6. The van der Waals surface area contributed by atoms with Crippen molar-refractivity contribution in [1.29, 1.82) is 0 Å². The third-order valence-electron chi connectivity index (χ3n) is 5.16. The van der Waals surface area contributed by atoms with E-state index in [1.807, 2.05) is 6.92 Å². The van der Waals surface area contributed by atoms with E-state index in [0.717, 1.165) is 9.87 Å². The molecular weight excluding hydrogens is 482 g/mol. The number of sulfonamides is 1. The highest BCUT2D eigenvalue weighted by molar-refractivity contribution is 7.92. The van der Waals surface area contributed by atoms with E-state index in [1.165, 1.54) is 25.5 Å². The van der Waals surface area contributed by atoms with E-state index in [1.54, 1.807) is 68.6 Å². The Hall–Kier alpha value is -4.05. The van der Waals surface area contributed by atoms with Crippen LogP contribution in [0.2, 0.25) is 0 Å². The van der Waals surface area contributed by atoms with Crippen molar-refractivity contribution in [2.45, 2.75) is 18.7 Å². The molecule has 0 aromatic heterocycles. The molecule has 0 radical (unpaired) electrons. The lowest BCUT2D eigenvalue weighted by Gasteiger charge is -2.25. The maximum Gasteiger partial charge on any atom is 0.264 e. The quantitative estimate of drug-likeness (QED) is 0.310. The third-order valence-corrected chi connectivity index (χ3v) is 6.94. The highest BCUT2D eigenvalue weighted by Gasteiger charge is 2.29. The van der Waals surface area contributed by atoms with Crippen LogP contribution in [0.15, 0.2) is 76.7 Å². The van der Waals surface area contributed by atoms with Crippen molar-refractivity contribution in [3.63, 3.8) is 0 Å². The number of nitrogens with one attached hydrogen (secondary N) is 1. The molecule has 3 aromatic rings. The van der Waals surface area contributed by atoms with E-state index in [9.17, 15) is 13.2 Å². The van der Waals surface area contributed by atoms with Crippen molar-refractivity contribution in [2.24, 2.45) is 5.10 Å². The predicted molar refractivity (Wildman–Crippen MR) is 139 cm³/mol. The van der Waals surface area contributed by atoms with Gasteiger partial charge in [-0.2, -0.15) is 5.10 Å². The molecule has 1 amide bonds. The fourth-order valence-electron chi connectivity index (χ4n) is 3.34. The zero-order valence-corrected chi connectivity index (χ0v) is 21.4. The van der Waals surface area contributed by atoms with Crippen LogP contribution in [0.1, 0.15) is 18.1 Å². The Balaban J connectivity index is 1.89. The molecule has 0 heterocycles. The monoisotopic (exact) mass is 511 g/mol. The van der Waals surface area contributed by atoms with Crippen LogP contribution in [0.25, 0.3) is 0 Å². The number of hydrogen-bond acceptors (Lipinski definition) is 7. The van der Waals surface area contributed by atoms with Gasteiger partial charge in [-0.05, 0) is 50.2 Å². The summed E-state index contributed by atoms with van der Waals surface area (Å²) in [7, 11) is -1.04. The lowest BCUT2D eigenvalue weighted by molar-refractivity contribution is -0.119. The Bertz CT molecular complexity index is 1320. The summed E-state index contributed by atoms with van der Waals surface area (Å²) >= 11 is 0. The number of rotatable bonds is 11. The number of amides is 1. The number of carbonyl (C=O) groups excluding carboxylic acids is 1. The van der Waals surface area contributed by atoms with E-state index in [-0.39, 0.29) is 10.6 Å². The molecule has 9 nitrogen and oxygen atoms in total. The molecule has 0 aliphatic heterocycles. The molecule has 10 heteroatoms. The molecule has 0 bridgehead atoms. The normalized spacial score (nSPS) is 11.2. The number of anilines is 1. The molecule has 0 saturated heterocycles. The molecule has 0 unspecified atom stereocenters. The fraction of sp³-hybridized carbons (Fsp3) is 0.231. The van der Waals surface area contributed by atoms with Crippen LogP contribution in [0.3, 0.4) is 0 Å². The largest absolute Gasteiger partial charge is 0.497 e. The van der Waals surface area contributed by atoms with Crippen molar-refractivity contribution in [1.82, 2.24) is 5.43 Å². The first kappa shape index (κ1) is 26.6. The molecule has 3 aromatic carbocycles. The molecule has 1 N–H and O–H groups in total. The molecular formula is C26H29N3O6S. The summed E-state index contributed by atoms with van der Waals surface area (Å²) < 4.78 is 44.4. The van der Waals surface area contributed by atoms with Crippen molar-refractivity contribution < 1.29 is 27.4 Å². The second kappa shape index (κ2) is 12.1. The number of hydrogen-bond donors (Lipinski definition) is 1. The lowest BCUT2D eigenvalue weighted by atomic mass is 10.2. The molecule has 0 saturated carbocycles. The van der Waals surface area contributed by atoms with E-state index < -0.39 is 22.5 Å². The summed E-state index contributed by atoms with van der Waals surface area (Å²) in [5, 5.41) is 3.98. The second-order valence-electron chi connectivity index (χ2n) is 7.63. The number of benzene rings is 3. The van der Waals surface area contributed by atoms with Crippen LogP contribution < -0.4 is 23.9 Å². The number of hydrazone groups is 1. The van der Waals surface area contributed by atoms with Crippen LogP contribution in [-0.4, -0.2) is 47.9 Å². The number of nitrogens with zero attached hydrogens (tertiary/aromatic N) is 2.